The Bertz CT molecular complexity index is 1610. The van der Waals surface area contributed by atoms with Crippen LogP contribution in [0.25, 0.3) is 0 Å². The zero-order chi connectivity index (χ0) is 28.2. The predicted octanol–water partition coefficient (Wildman–Crippen LogP) is 6.21. The highest BCUT2D eigenvalue weighted by Gasteiger charge is 2.40. The normalized spacial score (nSPS) is 13.0. The van der Waals surface area contributed by atoms with Crippen molar-refractivity contribution in [2.45, 2.75) is 4.90 Å². The monoisotopic (exact) mass is 557 g/mol. The van der Waals surface area contributed by atoms with Gasteiger partial charge in [0.2, 0.25) is 0 Å². The number of hydrogen-bond acceptors (Lipinski definition) is 6. The van der Waals surface area contributed by atoms with E-state index in [1.165, 1.54) is 55.6 Å². The maximum absolute atomic E-state index is 13.5. The smallest absolute Gasteiger partial charge is 0.283 e. The average Bonchev–Trinajstić information content (AvgIpc) is 3.19. The van der Waals surface area contributed by atoms with Crippen molar-refractivity contribution in [3.05, 3.63) is 125 Å². The van der Waals surface area contributed by atoms with E-state index in [9.17, 15) is 23.2 Å². The van der Waals surface area contributed by atoms with Gasteiger partial charge in [-0.2, -0.15) is 0 Å². The number of amides is 3. The summed E-state index contributed by atoms with van der Waals surface area (Å²) in [5, 5.41) is 5.71. The quantitative estimate of drug-likeness (QED) is 0.250. The molecule has 0 spiro atoms. The van der Waals surface area contributed by atoms with Crippen LogP contribution in [-0.2, 0) is 9.59 Å². The molecule has 5 rings (SSSR count). The van der Waals surface area contributed by atoms with Crippen molar-refractivity contribution in [2.75, 3.05) is 22.6 Å². The van der Waals surface area contributed by atoms with Crippen molar-refractivity contribution in [3.63, 3.8) is 0 Å². The molecule has 200 valence electrons. The maximum Gasteiger partial charge on any atom is 0.283 e. The highest BCUT2D eigenvalue weighted by atomic mass is 32.2. The van der Waals surface area contributed by atoms with Crippen molar-refractivity contribution in [2.24, 2.45) is 0 Å². The highest BCUT2D eigenvalue weighted by Crippen LogP contribution is 2.38. The number of carbonyl (C=O) groups excluding carboxylic acids is 3. The summed E-state index contributed by atoms with van der Waals surface area (Å²) in [4.78, 5) is 41.3. The summed E-state index contributed by atoms with van der Waals surface area (Å²) >= 11 is 1.08. The molecule has 7 nitrogen and oxygen atoms in total. The summed E-state index contributed by atoms with van der Waals surface area (Å²) in [5.74, 6) is -1.80. The first-order valence-corrected chi connectivity index (χ1v) is 12.8. The molecule has 4 aromatic rings. The van der Waals surface area contributed by atoms with Crippen molar-refractivity contribution >= 4 is 46.5 Å². The van der Waals surface area contributed by atoms with Crippen LogP contribution in [0.1, 0.15) is 10.4 Å². The molecular formula is C30H21F2N3O4S. The molecule has 0 aromatic heterocycles. The number of nitrogens with zero attached hydrogens (tertiary/aromatic N) is 1. The zero-order valence-electron chi connectivity index (χ0n) is 21.0. The summed E-state index contributed by atoms with van der Waals surface area (Å²) in [7, 11) is 1.52. The van der Waals surface area contributed by atoms with Crippen molar-refractivity contribution in [3.8, 4) is 5.75 Å². The Morgan fingerprint density at radius 1 is 0.750 bits per heavy atom. The van der Waals surface area contributed by atoms with Crippen molar-refractivity contribution in [1.82, 2.24) is 0 Å². The molecule has 10 heteroatoms. The fourth-order valence-corrected chi connectivity index (χ4v) is 4.81. The van der Waals surface area contributed by atoms with Crippen LogP contribution < -0.4 is 20.3 Å². The van der Waals surface area contributed by atoms with E-state index in [2.05, 4.69) is 10.6 Å². The van der Waals surface area contributed by atoms with Crippen LogP contribution in [0, 0.1) is 11.6 Å². The Balaban J connectivity index is 1.40. The van der Waals surface area contributed by atoms with Crippen molar-refractivity contribution < 1.29 is 27.9 Å². The van der Waals surface area contributed by atoms with Crippen LogP contribution in [0.4, 0.5) is 25.8 Å². The molecule has 0 fully saturated rings. The molecule has 4 aromatic carbocycles. The van der Waals surface area contributed by atoms with E-state index in [1.54, 1.807) is 48.5 Å². The molecule has 0 radical (unpaired) electrons. The van der Waals surface area contributed by atoms with E-state index in [-0.39, 0.29) is 10.6 Å². The summed E-state index contributed by atoms with van der Waals surface area (Å²) in [6.45, 7) is 0. The van der Waals surface area contributed by atoms with Crippen LogP contribution in [0.5, 0.6) is 5.75 Å². The number of imide groups is 1. The number of carbonyl (C=O) groups is 3. The number of rotatable bonds is 8. The number of methoxy groups -OCH3 is 1. The molecule has 40 heavy (non-hydrogen) atoms. The third-order valence-electron chi connectivity index (χ3n) is 5.92. The minimum Gasteiger partial charge on any atom is -0.497 e. The lowest BCUT2D eigenvalue weighted by Crippen LogP contribution is -2.32. The zero-order valence-corrected chi connectivity index (χ0v) is 21.8. The van der Waals surface area contributed by atoms with E-state index in [0.29, 0.717) is 33.3 Å². The molecule has 1 heterocycles. The molecule has 0 saturated carbocycles. The van der Waals surface area contributed by atoms with Gasteiger partial charge in [-0.3, -0.25) is 14.4 Å². The number of nitrogens with one attached hydrogen (secondary N) is 2. The lowest BCUT2D eigenvalue weighted by molar-refractivity contribution is -0.120. The van der Waals surface area contributed by atoms with E-state index >= 15 is 0 Å². The SMILES string of the molecule is COc1ccc(N2C(=O)C(Nc3ccc(F)cc3)=C(Sc3ccc(NC(=O)c4ccc(F)cc4)cc3)C2=O)cc1. The van der Waals surface area contributed by atoms with Crippen LogP contribution in [-0.4, -0.2) is 24.8 Å². The summed E-state index contributed by atoms with van der Waals surface area (Å²) < 4.78 is 31.8. The molecule has 3 amide bonds. The van der Waals surface area contributed by atoms with Crippen LogP contribution in [0.3, 0.4) is 0 Å². The summed E-state index contributed by atoms with van der Waals surface area (Å²) in [6.07, 6.45) is 0. The molecule has 1 aliphatic rings. The first kappa shape index (κ1) is 26.6. The van der Waals surface area contributed by atoms with E-state index < -0.39 is 29.4 Å². The molecule has 0 aliphatic carbocycles. The minimum atomic E-state index is -0.565. The molecule has 2 N–H and O–H groups in total. The number of halogens is 2. The first-order chi connectivity index (χ1) is 19.3. The Hall–Kier alpha value is -4.96. The lowest BCUT2D eigenvalue weighted by Gasteiger charge is -2.15. The van der Waals surface area contributed by atoms with Crippen molar-refractivity contribution in [1.29, 1.82) is 0 Å². The molecule has 1 aliphatic heterocycles. The van der Waals surface area contributed by atoms with Gasteiger partial charge in [-0.05, 0) is 97.1 Å². The van der Waals surface area contributed by atoms with Gasteiger partial charge in [-0.1, -0.05) is 11.8 Å². The Labute approximate surface area is 232 Å². The maximum atomic E-state index is 13.5. The topological polar surface area (TPSA) is 87.7 Å². The number of benzene rings is 4. The second-order valence-corrected chi connectivity index (χ2v) is 9.65. The number of hydrogen-bond donors (Lipinski definition) is 2. The Morgan fingerprint density at radius 3 is 1.93 bits per heavy atom. The van der Waals surface area contributed by atoms with Crippen LogP contribution in [0.15, 0.2) is 113 Å². The predicted molar refractivity (Wildman–Crippen MR) is 149 cm³/mol. The van der Waals surface area contributed by atoms with Crippen LogP contribution >= 0.6 is 11.8 Å². The van der Waals surface area contributed by atoms with Gasteiger partial charge in [0.25, 0.3) is 17.7 Å². The van der Waals surface area contributed by atoms with E-state index in [1.807, 2.05) is 0 Å². The number of ether oxygens (including phenoxy) is 1. The van der Waals surface area contributed by atoms with E-state index in [0.717, 1.165) is 16.7 Å². The number of anilines is 3. The minimum absolute atomic E-state index is 0.0473. The van der Waals surface area contributed by atoms with Gasteiger partial charge >= 0.3 is 0 Å². The van der Waals surface area contributed by atoms with Crippen LogP contribution in [0.2, 0.25) is 0 Å². The fourth-order valence-electron chi connectivity index (χ4n) is 3.89. The third-order valence-corrected chi connectivity index (χ3v) is 7.01. The Kier molecular flexibility index (Phi) is 7.61. The van der Waals surface area contributed by atoms with Gasteiger partial charge in [-0.25, -0.2) is 13.7 Å². The largest absolute Gasteiger partial charge is 0.497 e. The lowest BCUT2D eigenvalue weighted by atomic mass is 10.2. The second kappa shape index (κ2) is 11.4. The Morgan fingerprint density at radius 2 is 1.32 bits per heavy atom. The first-order valence-electron chi connectivity index (χ1n) is 12.0. The average molecular weight is 558 g/mol. The second-order valence-electron chi connectivity index (χ2n) is 8.57. The van der Waals surface area contributed by atoms with Gasteiger partial charge in [0, 0.05) is 21.8 Å². The fraction of sp³-hybridized carbons (Fsp3) is 0.0333. The van der Waals surface area contributed by atoms with Gasteiger partial charge in [0.05, 0.1) is 12.8 Å². The third kappa shape index (κ3) is 5.71. The standard InChI is InChI=1S/C30H21F2N3O4S/c1-39-24-14-12-23(13-15-24)35-29(37)26(33-21-8-6-20(32)7-9-21)27(30(35)38)40-25-16-10-22(11-17-25)34-28(36)18-2-4-19(31)5-3-18/h2-17,33H,1H3,(H,34,36). The molecule has 0 atom stereocenters. The molecule has 0 saturated heterocycles. The summed E-state index contributed by atoms with van der Waals surface area (Å²) in [6, 6.07) is 23.8. The molecule has 0 bridgehead atoms. The van der Waals surface area contributed by atoms with Gasteiger partial charge in [0.15, 0.2) is 0 Å². The highest BCUT2D eigenvalue weighted by molar-refractivity contribution is 8.04. The molecular weight excluding hydrogens is 536 g/mol. The van der Waals surface area contributed by atoms with Gasteiger partial charge in [0.1, 0.15) is 28.0 Å². The number of thioether (sulfide) groups is 1. The summed E-state index contributed by atoms with van der Waals surface area (Å²) in [5.41, 5.74) is 1.64. The van der Waals surface area contributed by atoms with Gasteiger partial charge < -0.3 is 15.4 Å². The van der Waals surface area contributed by atoms with E-state index in [4.69, 9.17) is 4.74 Å². The van der Waals surface area contributed by atoms with Gasteiger partial charge in [-0.15, -0.1) is 0 Å². The molecule has 0 unspecified atom stereocenters.